The second kappa shape index (κ2) is 13.6. The van der Waals surface area contributed by atoms with Crippen molar-refractivity contribution >= 4 is 34.3 Å². The Hall–Kier alpha value is -4.26. The van der Waals surface area contributed by atoms with Crippen LogP contribution in [0.3, 0.4) is 0 Å². The smallest absolute Gasteiger partial charge is 0.282 e. The van der Waals surface area contributed by atoms with E-state index in [0.29, 0.717) is 28.8 Å². The Morgan fingerprint density at radius 2 is 2.04 bits per heavy atom. The molecule has 0 aliphatic carbocycles. The first-order chi connectivity index (χ1) is 22.3. The highest BCUT2D eigenvalue weighted by atomic mass is 32.2. The minimum absolute atomic E-state index is 0.0446. The van der Waals surface area contributed by atoms with E-state index in [1.807, 2.05) is 24.1 Å². The van der Waals surface area contributed by atoms with Gasteiger partial charge in [0.1, 0.15) is 17.8 Å². The number of hydrogen-bond acceptors (Lipinski definition) is 9. The van der Waals surface area contributed by atoms with Crippen LogP contribution in [-0.4, -0.2) is 83.3 Å². The summed E-state index contributed by atoms with van der Waals surface area (Å²) in [5, 5.41) is 19.9. The Bertz CT molecular complexity index is 1770. The van der Waals surface area contributed by atoms with E-state index in [1.54, 1.807) is 18.0 Å². The summed E-state index contributed by atoms with van der Waals surface area (Å²) in [4.78, 5) is 28.5. The standard InChI is InChI=1S/C34H35F2N7O2S/c1-21(35)34(44)43-16-15-42(19-23(43)10-12-37)31-26(11-13-38)33(45-20-24-8-4-14-41(24)2)40-30-27(31)18-39-29(28(30)36)25-9-3-6-22-7-5-17-46-32(22)25/h3,6,9,18,23-24H,1,4-5,7-8,10-11,14-17,19-20H2,2H3/t23-,24-/m0/s1. The number of carbonyl (C=O) groups excluding carboxylic acids is 1. The van der Waals surface area contributed by atoms with Crippen molar-refractivity contribution in [1.29, 1.82) is 10.5 Å². The Kier molecular flexibility index (Phi) is 9.39. The van der Waals surface area contributed by atoms with Crippen LogP contribution in [0.4, 0.5) is 14.5 Å². The summed E-state index contributed by atoms with van der Waals surface area (Å²) in [6.07, 6.45) is 5.47. The van der Waals surface area contributed by atoms with Gasteiger partial charge >= 0.3 is 0 Å². The number of hydrogen-bond donors (Lipinski definition) is 0. The zero-order valence-electron chi connectivity index (χ0n) is 25.8. The molecule has 2 aromatic heterocycles. The van der Waals surface area contributed by atoms with Gasteiger partial charge in [0.05, 0.1) is 42.3 Å². The van der Waals surface area contributed by atoms with Crippen LogP contribution < -0.4 is 9.64 Å². The Morgan fingerprint density at radius 1 is 1.20 bits per heavy atom. The number of piperazine rings is 1. The molecule has 2 fully saturated rings. The van der Waals surface area contributed by atoms with Crippen LogP contribution in [0.2, 0.25) is 0 Å². The molecular weight excluding hydrogens is 608 g/mol. The van der Waals surface area contributed by atoms with E-state index >= 15 is 4.39 Å². The van der Waals surface area contributed by atoms with E-state index in [0.717, 1.165) is 42.9 Å². The van der Waals surface area contributed by atoms with Crippen LogP contribution in [0.5, 0.6) is 5.88 Å². The summed E-state index contributed by atoms with van der Waals surface area (Å²) < 4.78 is 37.0. The normalized spacial score (nSPS) is 19.8. The molecule has 3 aromatic rings. The van der Waals surface area contributed by atoms with Crippen molar-refractivity contribution in [3.05, 3.63) is 53.7 Å². The highest BCUT2D eigenvalue weighted by molar-refractivity contribution is 7.99. The van der Waals surface area contributed by atoms with Gasteiger partial charge in [-0.25, -0.2) is 13.8 Å². The number of ether oxygens (including phenoxy) is 1. The predicted octanol–water partition coefficient (Wildman–Crippen LogP) is 5.43. The highest BCUT2D eigenvalue weighted by Gasteiger charge is 2.35. The summed E-state index contributed by atoms with van der Waals surface area (Å²) in [7, 11) is 2.04. The van der Waals surface area contributed by atoms with E-state index in [1.165, 1.54) is 10.5 Å². The summed E-state index contributed by atoms with van der Waals surface area (Å²) in [6.45, 7) is 4.93. The van der Waals surface area contributed by atoms with Crippen LogP contribution in [-0.2, 0) is 17.6 Å². The summed E-state index contributed by atoms with van der Waals surface area (Å²) in [5.74, 6) is -1.41. The third-order valence-electron chi connectivity index (χ3n) is 9.15. The number of thioether (sulfide) groups is 1. The molecule has 3 aliphatic rings. The van der Waals surface area contributed by atoms with Gasteiger partial charge in [0.2, 0.25) is 5.88 Å². The molecule has 0 N–H and O–H groups in total. The molecule has 2 atom stereocenters. The minimum atomic E-state index is -1.09. The van der Waals surface area contributed by atoms with E-state index in [9.17, 15) is 19.7 Å². The lowest BCUT2D eigenvalue weighted by molar-refractivity contribution is -0.131. The Morgan fingerprint density at radius 3 is 2.78 bits per heavy atom. The number of likely N-dealkylation sites (N-methyl/N-ethyl adjacent to an activating group) is 1. The summed E-state index contributed by atoms with van der Waals surface area (Å²) in [5.41, 5.74) is 3.17. The molecule has 5 heterocycles. The predicted molar refractivity (Wildman–Crippen MR) is 173 cm³/mol. The first-order valence-corrected chi connectivity index (χ1v) is 16.5. The van der Waals surface area contributed by atoms with Gasteiger partial charge in [-0.3, -0.25) is 9.78 Å². The molecule has 0 saturated carbocycles. The van der Waals surface area contributed by atoms with Crippen molar-refractivity contribution in [3.8, 4) is 29.3 Å². The topological polar surface area (TPSA) is 109 Å². The second-order valence-corrected chi connectivity index (χ2v) is 13.1. The maximum Gasteiger partial charge on any atom is 0.282 e. The van der Waals surface area contributed by atoms with Crippen molar-refractivity contribution in [2.75, 3.05) is 50.5 Å². The van der Waals surface area contributed by atoms with Gasteiger partial charge in [-0.05, 0) is 50.6 Å². The van der Waals surface area contributed by atoms with E-state index in [4.69, 9.17) is 9.72 Å². The number of rotatable bonds is 8. The number of carbonyl (C=O) groups is 1. The number of aryl methyl sites for hydroxylation is 1. The van der Waals surface area contributed by atoms with Crippen LogP contribution in [0.25, 0.3) is 22.2 Å². The number of nitriles is 2. The summed E-state index contributed by atoms with van der Waals surface area (Å²) in [6, 6.07) is 9.70. The molecule has 6 rings (SSSR count). The first kappa shape index (κ1) is 31.7. The fourth-order valence-corrected chi connectivity index (χ4v) is 7.97. The van der Waals surface area contributed by atoms with Gasteiger partial charge in [0.15, 0.2) is 11.6 Å². The third-order valence-corrected chi connectivity index (χ3v) is 10.4. The van der Waals surface area contributed by atoms with Gasteiger partial charge in [-0.2, -0.15) is 10.5 Å². The fourth-order valence-electron chi connectivity index (χ4n) is 6.80. The quantitative estimate of drug-likeness (QED) is 0.297. The number of fused-ring (bicyclic) bond motifs is 2. The molecule has 0 spiro atoms. The van der Waals surface area contributed by atoms with Crippen LogP contribution in [0.15, 0.2) is 41.7 Å². The molecule has 1 aromatic carbocycles. The fraction of sp³-hybridized carbons (Fsp3) is 0.441. The zero-order chi connectivity index (χ0) is 32.4. The van der Waals surface area contributed by atoms with Crippen LogP contribution in [0, 0.1) is 28.5 Å². The van der Waals surface area contributed by atoms with Crippen molar-refractivity contribution in [1.82, 2.24) is 19.8 Å². The van der Waals surface area contributed by atoms with Crippen LogP contribution >= 0.6 is 11.8 Å². The average Bonchev–Trinajstić information content (AvgIpc) is 3.48. The van der Waals surface area contributed by atoms with Crippen molar-refractivity contribution in [2.45, 2.75) is 55.5 Å². The molecule has 0 bridgehead atoms. The van der Waals surface area contributed by atoms with Gasteiger partial charge in [-0.15, -0.1) is 11.8 Å². The number of benzene rings is 1. The Labute approximate surface area is 271 Å². The van der Waals surface area contributed by atoms with E-state index < -0.39 is 23.6 Å². The monoisotopic (exact) mass is 643 g/mol. The van der Waals surface area contributed by atoms with Crippen molar-refractivity contribution < 1.29 is 18.3 Å². The first-order valence-electron chi connectivity index (χ1n) is 15.6. The number of pyridine rings is 2. The van der Waals surface area contributed by atoms with Crippen molar-refractivity contribution in [2.24, 2.45) is 0 Å². The third kappa shape index (κ3) is 6.00. The number of amides is 1. The van der Waals surface area contributed by atoms with E-state index in [2.05, 4.69) is 34.7 Å². The maximum atomic E-state index is 16.8. The molecule has 3 aliphatic heterocycles. The largest absolute Gasteiger partial charge is 0.476 e. The lowest BCUT2D eigenvalue weighted by Gasteiger charge is -2.42. The highest BCUT2D eigenvalue weighted by Crippen LogP contribution is 2.43. The Balaban J connectivity index is 1.50. The zero-order valence-corrected chi connectivity index (χ0v) is 26.6. The maximum absolute atomic E-state index is 16.8. The number of likely N-dealkylation sites (tertiary alicyclic amines) is 1. The van der Waals surface area contributed by atoms with Crippen LogP contribution in [0.1, 0.15) is 36.8 Å². The number of anilines is 1. The van der Waals surface area contributed by atoms with Gasteiger partial charge in [-0.1, -0.05) is 24.8 Å². The minimum Gasteiger partial charge on any atom is -0.476 e. The second-order valence-electron chi connectivity index (χ2n) is 12.0. The molecular formula is C34H35F2N7O2S. The molecule has 0 unspecified atom stereocenters. The number of nitrogens with zero attached hydrogens (tertiary/aromatic N) is 7. The molecule has 12 heteroatoms. The molecule has 0 radical (unpaired) electrons. The van der Waals surface area contributed by atoms with Gasteiger partial charge in [0, 0.05) is 47.7 Å². The lowest BCUT2D eigenvalue weighted by Crippen LogP contribution is -2.55. The molecule has 9 nitrogen and oxygen atoms in total. The van der Waals surface area contributed by atoms with Gasteiger partial charge in [0.25, 0.3) is 5.91 Å². The van der Waals surface area contributed by atoms with Gasteiger partial charge < -0.3 is 19.4 Å². The number of aromatic nitrogens is 2. The molecule has 46 heavy (non-hydrogen) atoms. The molecule has 238 valence electrons. The SMILES string of the molecule is C=C(F)C(=O)N1CCN(c2c(CC#N)c(OC[C@@H]3CCCN3C)nc3c(F)c(-c4cccc5c4SCCC5)ncc23)C[C@@H]1CC#N. The number of halogens is 2. The lowest BCUT2D eigenvalue weighted by atomic mass is 10.00. The van der Waals surface area contributed by atoms with Crippen molar-refractivity contribution in [3.63, 3.8) is 0 Å². The summed E-state index contributed by atoms with van der Waals surface area (Å²) >= 11 is 1.70. The van der Waals surface area contributed by atoms with E-state index in [-0.39, 0.29) is 55.6 Å². The molecule has 1 amide bonds. The molecule has 2 saturated heterocycles. The average molecular weight is 644 g/mol.